The van der Waals surface area contributed by atoms with Crippen LogP contribution in [0.1, 0.15) is 56.9 Å². The van der Waals surface area contributed by atoms with Crippen LogP contribution in [-0.2, 0) is 0 Å². The molecule has 106 valence electrons. The van der Waals surface area contributed by atoms with Crippen molar-refractivity contribution < 1.29 is 0 Å². The van der Waals surface area contributed by atoms with Crippen molar-refractivity contribution in [3.8, 4) is 0 Å². The van der Waals surface area contributed by atoms with E-state index in [-0.39, 0.29) is 0 Å². The predicted octanol–water partition coefficient (Wildman–Crippen LogP) is 4.81. The van der Waals surface area contributed by atoms with E-state index in [9.17, 15) is 0 Å². The Morgan fingerprint density at radius 2 is 2.05 bits per heavy atom. The van der Waals surface area contributed by atoms with E-state index in [1.54, 1.807) is 0 Å². The fourth-order valence-corrected chi connectivity index (χ4v) is 4.05. The molecule has 0 saturated heterocycles. The molecule has 1 aliphatic rings. The van der Waals surface area contributed by atoms with Gasteiger partial charge in [-0.3, -0.25) is 0 Å². The Hall–Kier alpha value is -0.470. The highest BCUT2D eigenvalue weighted by atomic mass is 32.2. The standard InChI is InChI=1S/C17H27NS/c1-14(10-11-18)16-8-5-9-17(12-16)19-13-15-6-3-2-4-7-15/h5,8-9,12,14-15H,2-4,6-7,10-11,13,18H2,1H3. The molecule has 1 aromatic carbocycles. The summed E-state index contributed by atoms with van der Waals surface area (Å²) in [5, 5.41) is 0. The van der Waals surface area contributed by atoms with Crippen molar-refractivity contribution in [2.45, 2.75) is 56.3 Å². The summed E-state index contributed by atoms with van der Waals surface area (Å²) in [6.45, 7) is 3.05. The van der Waals surface area contributed by atoms with Crippen LogP contribution < -0.4 is 5.73 Å². The number of hydrogen-bond donors (Lipinski definition) is 1. The molecule has 2 N–H and O–H groups in total. The van der Waals surface area contributed by atoms with Crippen molar-refractivity contribution in [1.29, 1.82) is 0 Å². The zero-order valence-corrected chi connectivity index (χ0v) is 12.9. The highest BCUT2D eigenvalue weighted by Gasteiger charge is 2.13. The first-order valence-electron chi connectivity index (χ1n) is 7.72. The number of hydrogen-bond acceptors (Lipinski definition) is 2. The predicted molar refractivity (Wildman–Crippen MR) is 85.8 cm³/mol. The minimum absolute atomic E-state index is 0.584. The Morgan fingerprint density at radius 1 is 1.26 bits per heavy atom. The molecule has 0 heterocycles. The largest absolute Gasteiger partial charge is 0.330 e. The molecule has 0 bridgehead atoms. The smallest absolute Gasteiger partial charge is 0.00748 e. The third-order valence-electron chi connectivity index (χ3n) is 4.24. The molecule has 1 atom stereocenters. The van der Waals surface area contributed by atoms with E-state index in [1.807, 2.05) is 11.8 Å². The Bertz CT molecular complexity index is 371. The van der Waals surface area contributed by atoms with Crippen molar-refractivity contribution in [2.75, 3.05) is 12.3 Å². The van der Waals surface area contributed by atoms with Crippen molar-refractivity contribution in [3.63, 3.8) is 0 Å². The minimum Gasteiger partial charge on any atom is -0.330 e. The first-order valence-corrected chi connectivity index (χ1v) is 8.71. The van der Waals surface area contributed by atoms with E-state index >= 15 is 0 Å². The Kier molecular flexibility index (Phi) is 6.25. The highest BCUT2D eigenvalue weighted by Crippen LogP contribution is 2.31. The van der Waals surface area contributed by atoms with E-state index in [0.717, 1.165) is 18.9 Å². The third-order valence-corrected chi connectivity index (χ3v) is 5.46. The van der Waals surface area contributed by atoms with Crippen molar-refractivity contribution in [2.24, 2.45) is 11.7 Å². The number of rotatable bonds is 6. The Morgan fingerprint density at radius 3 is 2.79 bits per heavy atom. The van der Waals surface area contributed by atoms with Gasteiger partial charge < -0.3 is 5.73 Å². The van der Waals surface area contributed by atoms with Gasteiger partial charge in [0.2, 0.25) is 0 Å². The molecule has 1 aliphatic carbocycles. The molecule has 0 amide bonds. The number of nitrogens with two attached hydrogens (primary N) is 1. The van der Waals surface area contributed by atoms with Gasteiger partial charge >= 0.3 is 0 Å². The van der Waals surface area contributed by atoms with Gasteiger partial charge in [-0.2, -0.15) is 0 Å². The van der Waals surface area contributed by atoms with Gasteiger partial charge in [-0.15, -0.1) is 11.8 Å². The topological polar surface area (TPSA) is 26.0 Å². The normalized spacial score (nSPS) is 18.4. The van der Waals surface area contributed by atoms with Gasteiger partial charge in [0.1, 0.15) is 0 Å². The minimum atomic E-state index is 0.584. The van der Waals surface area contributed by atoms with Gasteiger partial charge in [0, 0.05) is 10.6 Å². The zero-order chi connectivity index (χ0) is 13.5. The lowest BCUT2D eigenvalue weighted by Crippen LogP contribution is -2.08. The van der Waals surface area contributed by atoms with Crippen LogP contribution >= 0.6 is 11.8 Å². The molecule has 0 spiro atoms. The average molecular weight is 277 g/mol. The number of benzene rings is 1. The molecule has 1 fully saturated rings. The van der Waals surface area contributed by atoms with Gasteiger partial charge in [0.25, 0.3) is 0 Å². The SMILES string of the molecule is CC(CCN)c1cccc(SCC2CCCCC2)c1. The molecule has 0 aromatic heterocycles. The van der Waals surface area contributed by atoms with E-state index in [1.165, 1.54) is 48.3 Å². The second kappa shape index (κ2) is 7.96. The molecule has 19 heavy (non-hydrogen) atoms. The summed E-state index contributed by atoms with van der Waals surface area (Å²) in [4.78, 5) is 1.44. The van der Waals surface area contributed by atoms with E-state index in [2.05, 4.69) is 31.2 Å². The average Bonchev–Trinajstić information content (AvgIpc) is 2.47. The summed E-state index contributed by atoms with van der Waals surface area (Å²) in [6, 6.07) is 9.07. The maximum Gasteiger partial charge on any atom is 0.00748 e. The van der Waals surface area contributed by atoms with Crippen LogP contribution in [0.5, 0.6) is 0 Å². The van der Waals surface area contributed by atoms with Crippen molar-refractivity contribution in [3.05, 3.63) is 29.8 Å². The fourth-order valence-electron chi connectivity index (χ4n) is 2.90. The van der Waals surface area contributed by atoms with E-state index < -0.39 is 0 Å². The van der Waals surface area contributed by atoms with Gasteiger partial charge in [0.05, 0.1) is 0 Å². The van der Waals surface area contributed by atoms with Crippen LogP contribution in [0.4, 0.5) is 0 Å². The first kappa shape index (κ1) is 14.9. The van der Waals surface area contributed by atoms with Crippen LogP contribution in [0.15, 0.2) is 29.2 Å². The lowest BCUT2D eigenvalue weighted by Gasteiger charge is -2.21. The second-order valence-electron chi connectivity index (χ2n) is 5.87. The molecule has 0 aliphatic heterocycles. The summed E-state index contributed by atoms with van der Waals surface area (Å²) >= 11 is 2.05. The maximum absolute atomic E-state index is 5.66. The van der Waals surface area contributed by atoms with Crippen LogP contribution in [0, 0.1) is 5.92 Å². The fraction of sp³-hybridized carbons (Fsp3) is 0.647. The lowest BCUT2D eigenvalue weighted by molar-refractivity contribution is 0.391. The van der Waals surface area contributed by atoms with Gasteiger partial charge in [-0.25, -0.2) is 0 Å². The van der Waals surface area contributed by atoms with Crippen LogP contribution in [0.2, 0.25) is 0 Å². The molecule has 1 unspecified atom stereocenters. The van der Waals surface area contributed by atoms with Crippen molar-refractivity contribution >= 4 is 11.8 Å². The summed E-state index contributed by atoms with van der Waals surface area (Å²) in [5.41, 5.74) is 7.10. The highest BCUT2D eigenvalue weighted by molar-refractivity contribution is 7.99. The second-order valence-corrected chi connectivity index (χ2v) is 6.96. The molecular formula is C17H27NS. The summed E-state index contributed by atoms with van der Waals surface area (Å²) in [6.07, 6.45) is 8.30. The summed E-state index contributed by atoms with van der Waals surface area (Å²) in [5.74, 6) is 2.83. The summed E-state index contributed by atoms with van der Waals surface area (Å²) in [7, 11) is 0. The molecule has 2 rings (SSSR count). The van der Waals surface area contributed by atoms with E-state index in [0.29, 0.717) is 5.92 Å². The lowest BCUT2D eigenvalue weighted by atomic mass is 9.91. The molecule has 1 nitrogen and oxygen atoms in total. The maximum atomic E-state index is 5.66. The molecule has 1 saturated carbocycles. The monoisotopic (exact) mass is 277 g/mol. The molecule has 2 heteroatoms. The molecular weight excluding hydrogens is 250 g/mol. The molecule has 0 radical (unpaired) electrons. The first-order chi connectivity index (χ1) is 9.29. The number of thioether (sulfide) groups is 1. The van der Waals surface area contributed by atoms with Gasteiger partial charge in [-0.1, -0.05) is 38.3 Å². The van der Waals surface area contributed by atoms with Crippen LogP contribution in [-0.4, -0.2) is 12.3 Å². The quantitative estimate of drug-likeness (QED) is 0.755. The zero-order valence-electron chi connectivity index (χ0n) is 12.1. The van der Waals surface area contributed by atoms with Crippen LogP contribution in [0.3, 0.4) is 0 Å². The summed E-state index contributed by atoms with van der Waals surface area (Å²) < 4.78 is 0. The van der Waals surface area contributed by atoms with E-state index in [4.69, 9.17) is 5.73 Å². The molecule has 1 aromatic rings. The van der Waals surface area contributed by atoms with Gasteiger partial charge in [-0.05, 0) is 55.3 Å². The van der Waals surface area contributed by atoms with Gasteiger partial charge in [0.15, 0.2) is 0 Å². The van der Waals surface area contributed by atoms with Crippen molar-refractivity contribution in [1.82, 2.24) is 0 Å². The van der Waals surface area contributed by atoms with Crippen LogP contribution in [0.25, 0.3) is 0 Å². The Labute approximate surface area is 122 Å². The Balaban J connectivity index is 1.87. The third kappa shape index (κ3) is 4.85.